The summed E-state index contributed by atoms with van der Waals surface area (Å²) in [6.45, 7) is 5.24. The SMILES string of the molecule is CC(C)Cc1ccc[n+](COC(=O)N2CCC[C@H]2CO)c1. The van der Waals surface area contributed by atoms with Crippen LogP contribution in [0.1, 0.15) is 32.3 Å². The summed E-state index contributed by atoms with van der Waals surface area (Å²) in [4.78, 5) is 13.7. The fraction of sp³-hybridized carbons (Fsp3) is 0.625. The van der Waals surface area contributed by atoms with Gasteiger partial charge in [-0.1, -0.05) is 13.8 Å². The number of hydrogen-bond acceptors (Lipinski definition) is 3. The molecular formula is C16H25N2O3+. The Morgan fingerprint density at radius 2 is 2.38 bits per heavy atom. The van der Waals surface area contributed by atoms with Crippen molar-refractivity contribution in [2.45, 2.75) is 45.9 Å². The highest BCUT2D eigenvalue weighted by Gasteiger charge is 2.29. The summed E-state index contributed by atoms with van der Waals surface area (Å²) in [5.74, 6) is 0.596. The minimum atomic E-state index is -0.340. The molecule has 21 heavy (non-hydrogen) atoms. The Labute approximate surface area is 126 Å². The molecule has 0 unspecified atom stereocenters. The van der Waals surface area contributed by atoms with E-state index in [0.717, 1.165) is 19.3 Å². The van der Waals surface area contributed by atoms with E-state index in [9.17, 15) is 9.90 Å². The van der Waals surface area contributed by atoms with Crippen LogP contribution in [0.25, 0.3) is 0 Å². The molecule has 1 aromatic rings. The van der Waals surface area contributed by atoms with Crippen LogP contribution in [0.3, 0.4) is 0 Å². The third kappa shape index (κ3) is 4.43. The average molecular weight is 293 g/mol. The van der Waals surface area contributed by atoms with E-state index in [4.69, 9.17) is 4.74 Å². The molecule has 0 aliphatic carbocycles. The highest BCUT2D eigenvalue weighted by Crippen LogP contribution is 2.17. The van der Waals surface area contributed by atoms with Crippen molar-refractivity contribution in [2.75, 3.05) is 13.2 Å². The van der Waals surface area contributed by atoms with Crippen LogP contribution < -0.4 is 4.57 Å². The molecule has 5 nitrogen and oxygen atoms in total. The third-order valence-electron chi connectivity index (χ3n) is 3.72. The number of aliphatic hydroxyl groups is 1. The Hall–Kier alpha value is -1.62. The lowest BCUT2D eigenvalue weighted by Gasteiger charge is -2.21. The molecule has 0 saturated carbocycles. The minimum absolute atomic E-state index is 0.00607. The molecule has 2 rings (SSSR count). The van der Waals surface area contributed by atoms with Crippen LogP contribution >= 0.6 is 0 Å². The molecule has 1 aliphatic heterocycles. The van der Waals surface area contributed by atoms with Crippen LogP contribution in [0.4, 0.5) is 4.79 Å². The number of carbonyl (C=O) groups is 1. The predicted octanol–water partition coefficient (Wildman–Crippen LogP) is 1.72. The van der Waals surface area contributed by atoms with Gasteiger partial charge in [0.2, 0.25) is 0 Å². The maximum atomic E-state index is 12.0. The first kappa shape index (κ1) is 15.8. The Morgan fingerprint density at radius 1 is 1.57 bits per heavy atom. The number of ether oxygens (including phenoxy) is 1. The van der Waals surface area contributed by atoms with Gasteiger partial charge in [0, 0.05) is 18.2 Å². The second-order valence-corrected chi connectivity index (χ2v) is 6.04. The van der Waals surface area contributed by atoms with Crippen molar-refractivity contribution in [1.29, 1.82) is 0 Å². The largest absolute Gasteiger partial charge is 0.414 e. The number of likely N-dealkylation sites (tertiary alicyclic amines) is 1. The van der Waals surface area contributed by atoms with Crippen molar-refractivity contribution in [1.82, 2.24) is 4.90 Å². The van der Waals surface area contributed by atoms with Gasteiger partial charge in [0.15, 0.2) is 12.4 Å². The van der Waals surface area contributed by atoms with E-state index in [1.807, 2.05) is 23.0 Å². The zero-order valence-electron chi connectivity index (χ0n) is 12.9. The maximum Gasteiger partial charge on any atom is 0.414 e. The number of pyridine rings is 1. The molecule has 1 aromatic heterocycles. The molecule has 1 atom stereocenters. The minimum Gasteiger partial charge on any atom is -0.394 e. The van der Waals surface area contributed by atoms with E-state index in [-0.39, 0.29) is 25.5 Å². The van der Waals surface area contributed by atoms with E-state index in [2.05, 4.69) is 19.9 Å². The van der Waals surface area contributed by atoms with Crippen molar-refractivity contribution in [2.24, 2.45) is 5.92 Å². The van der Waals surface area contributed by atoms with Crippen molar-refractivity contribution in [3.05, 3.63) is 30.1 Å². The number of amides is 1. The summed E-state index contributed by atoms with van der Waals surface area (Å²) in [5, 5.41) is 9.24. The first-order valence-corrected chi connectivity index (χ1v) is 7.62. The Balaban J connectivity index is 1.89. The second kappa shape index (κ2) is 7.41. The monoisotopic (exact) mass is 293 g/mol. The van der Waals surface area contributed by atoms with E-state index in [0.29, 0.717) is 12.5 Å². The van der Waals surface area contributed by atoms with Gasteiger partial charge in [-0.3, -0.25) is 0 Å². The lowest BCUT2D eigenvalue weighted by molar-refractivity contribution is -0.727. The third-order valence-corrected chi connectivity index (χ3v) is 3.72. The van der Waals surface area contributed by atoms with Gasteiger partial charge in [0.25, 0.3) is 6.73 Å². The molecule has 1 fully saturated rings. The molecule has 1 saturated heterocycles. The summed E-state index contributed by atoms with van der Waals surface area (Å²) in [6.07, 6.45) is 6.35. The van der Waals surface area contributed by atoms with Crippen LogP contribution in [-0.4, -0.2) is 35.3 Å². The molecule has 0 aromatic carbocycles. The van der Waals surface area contributed by atoms with Gasteiger partial charge in [-0.05, 0) is 31.2 Å². The summed E-state index contributed by atoms with van der Waals surface area (Å²) >= 11 is 0. The quantitative estimate of drug-likeness (QED) is 0.841. The van der Waals surface area contributed by atoms with Gasteiger partial charge in [-0.25, -0.2) is 4.79 Å². The summed E-state index contributed by atoms with van der Waals surface area (Å²) in [7, 11) is 0. The molecule has 116 valence electrons. The fourth-order valence-electron chi connectivity index (χ4n) is 2.73. The highest BCUT2D eigenvalue weighted by atomic mass is 16.6. The van der Waals surface area contributed by atoms with Crippen LogP contribution in [0.5, 0.6) is 0 Å². The number of carbonyl (C=O) groups excluding carboxylic acids is 1. The number of rotatable bonds is 5. The van der Waals surface area contributed by atoms with Gasteiger partial charge in [-0.2, -0.15) is 4.57 Å². The number of hydrogen-bond donors (Lipinski definition) is 1. The maximum absolute atomic E-state index is 12.0. The highest BCUT2D eigenvalue weighted by molar-refractivity contribution is 5.68. The molecule has 1 amide bonds. The van der Waals surface area contributed by atoms with Crippen molar-refractivity contribution >= 4 is 6.09 Å². The van der Waals surface area contributed by atoms with Crippen molar-refractivity contribution < 1.29 is 19.2 Å². The summed E-state index contributed by atoms with van der Waals surface area (Å²) in [5.41, 5.74) is 1.23. The smallest absolute Gasteiger partial charge is 0.394 e. The molecule has 0 spiro atoms. The molecule has 1 N–H and O–H groups in total. The molecule has 0 radical (unpaired) electrons. The number of aromatic nitrogens is 1. The van der Waals surface area contributed by atoms with Gasteiger partial charge >= 0.3 is 6.09 Å². The average Bonchev–Trinajstić information content (AvgIpc) is 2.93. The van der Waals surface area contributed by atoms with Gasteiger partial charge < -0.3 is 14.7 Å². The molecule has 2 heterocycles. The topological polar surface area (TPSA) is 53.7 Å². The van der Waals surface area contributed by atoms with E-state index in [1.54, 1.807) is 4.90 Å². The number of aliphatic hydroxyl groups excluding tert-OH is 1. The van der Waals surface area contributed by atoms with Crippen molar-refractivity contribution in [3.63, 3.8) is 0 Å². The Morgan fingerprint density at radius 3 is 3.10 bits per heavy atom. The lowest BCUT2D eigenvalue weighted by atomic mass is 10.1. The standard InChI is InChI=1S/C16H25N2O3/c1-13(2)9-14-5-3-7-17(10-14)12-21-16(20)18-8-4-6-15(18)11-19/h3,5,7,10,13,15,19H,4,6,8-9,11-12H2,1-2H3/q+1/t15-/m0/s1. The van der Waals surface area contributed by atoms with E-state index < -0.39 is 0 Å². The Kier molecular flexibility index (Phi) is 5.56. The number of nitrogens with zero attached hydrogens (tertiary/aromatic N) is 2. The first-order chi connectivity index (χ1) is 10.1. The zero-order chi connectivity index (χ0) is 15.2. The van der Waals surface area contributed by atoms with Crippen LogP contribution in [0.15, 0.2) is 24.5 Å². The molecule has 0 bridgehead atoms. The first-order valence-electron chi connectivity index (χ1n) is 7.62. The second-order valence-electron chi connectivity index (χ2n) is 6.04. The van der Waals surface area contributed by atoms with Gasteiger partial charge in [-0.15, -0.1) is 0 Å². The molecule has 5 heteroatoms. The van der Waals surface area contributed by atoms with Crippen molar-refractivity contribution in [3.8, 4) is 0 Å². The molecular weight excluding hydrogens is 268 g/mol. The molecule has 1 aliphatic rings. The van der Waals surface area contributed by atoms with Gasteiger partial charge in [0.1, 0.15) is 0 Å². The van der Waals surface area contributed by atoms with E-state index in [1.165, 1.54) is 5.56 Å². The summed E-state index contributed by atoms with van der Waals surface area (Å²) in [6, 6.07) is 3.97. The van der Waals surface area contributed by atoms with Crippen LogP contribution in [-0.2, 0) is 17.9 Å². The zero-order valence-corrected chi connectivity index (χ0v) is 12.9. The fourth-order valence-corrected chi connectivity index (χ4v) is 2.73. The van der Waals surface area contributed by atoms with Gasteiger partial charge in [0.05, 0.1) is 12.6 Å². The van der Waals surface area contributed by atoms with Crippen LogP contribution in [0, 0.1) is 5.92 Å². The van der Waals surface area contributed by atoms with E-state index >= 15 is 0 Å². The predicted molar refractivity (Wildman–Crippen MR) is 78.5 cm³/mol. The lowest BCUT2D eigenvalue weighted by Crippen LogP contribution is -2.42. The Bertz CT molecular complexity index is 476. The van der Waals surface area contributed by atoms with Crippen LogP contribution in [0.2, 0.25) is 0 Å². The summed E-state index contributed by atoms with van der Waals surface area (Å²) < 4.78 is 7.22. The normalized spacial score (nSPS) is 18.3.